The summed E-state index contributed by atoms with van der Waals surface area (Å²) < 4.78 is 1.22. The molecule has 1 aliphatic carbocycles. The van der Waals surface area contributed by atoms with Gasteiger partial charge in [0.25, 0.3) is 0 Å². The molecule has 2 unspecified atom stereocenters. The van der Waals surface area contributed by atoms with E-state index in [0.717, 1.165) is 24.3 Å². The first kappa shape index (κ1) is 15.5. The van der Waals surface area contributed by atoms with Crippen LogP contribution in [-0.2, 0) is 12.8 Å². The van der Waals surface area contributed by atoms with Crippen molar-refractivity contribution in [1.29, 1.82) is 0 Å². The third-order valence-corrected chi connectivity index (χ3v) is 6.02. The van der Waals surface area contributed by atoms with Crippen LogP contribution in [0.4, 0.5) is 0 Å². The van der Waals surface area contributed by atoms with E-state index in [2.05, 4.69) is 39.4 Å². The lowest BCUT2D eigenvalue weighted by atomic mass is 9.69. The maximum atomic E-state index is 5.94. The maximum absolute atomic E-state index is 5.94. The molecule has 21 heavy (non-hydrogen) atoms. The predicted molar refractivity (Wildman–Crippen MR) is 92.4 cm³/mol. The zero-order valence-corrected chi connectivity index (χ0v) is 14.4. The molecule has 0 spiro atoms. The van der Waals surface area contributed by atoms with Crippen LogP contribution in [0.5, 0.6) is 0 Å². The van der Waals surface area contributed by atoms with Crippen LogP contribution in [0.15, 0.2) is 22.7 Å². The molecular formula is C18H27BrN2. The van der Waals surface area contributed by atoms with Gasteiger partial charge in [-0.05, 0) is 99.2 Å². The molecular weight excluding hydrogens is 324 g/mol. The minimum Gasteiger partial charge on any atom is -0.330 e. The largest absolute Gasteiger partial charge is 0.330 e. The van der Waals surface area contributed by atoms with Crippen molar-refractivity contribution in [2.24, 2.45) is 23.5 Å². The molecule has 0 amide bonds. The fourth-order valence-electron chi connectivity index (χ4n) is 4.44. The quantitative estimate of drug-likeness (QED) is 0.871. The van der Waals surface area contributed by atoms with Gasteiger partial charge >= 0.3 is 0 Å². The average Bonchev–Trinajstić information content (AvgIpc) is 2.52. The Hall–Kier alpha value is -0.380. The first-order chi connectivity index (χ1) is 10.3. The Bertz CT molecular complexity index is 468. The van der Waals surface area contributed by atoms with Crippen molar-refractivity contribution in [2.45, 2.75) is 38.5 Å². The lowest BCUT2D eigenvalue weighted by Gasteiger charge is -2.38. The summed E-state index contributed by atoms with van der Waals surface area (Å²) in [6.07, 6.45) is 7.74. The number of nitrogens with two attached hydrogens (primary N) is 1. The predicted octanol–water partition coefficient (Wildman–Crippen LogP) is 3.52. The molecule has 1 saturated heterocycles. The number of piperidine rings is 1. The molecule has 1 fully saturated rings. The third-order valence-electron chi connectivity index (χ3n) is 5.53. The van der Waals surface area contributed by atoms with Crippen molar-refractivity contribution in [2.75, 3.05) is 19.6 Å². The number of benzene rings is 1. The molecule has 2 atom stereocenters. The zero-order valence-electron chi connectivity index (χ0n) is 12.8. The van der Waals surface area contributed by atoms with Crippen LogP contribution in [0, 0.1) is 17.8 Å². The van der Waals surface area contributed by atoms with Crippen LogP contribution in [-0.4, -0.2) is 19.6 Å². The Kier molecular flexibility index (Phi) is 5.36. The SMILES string of the molecule is NCCC(C1CCNCC1)C1CCc2ccc(Br)cc2C1. The Labute approximate surface area is 137 Å². The molecule has 1 aromatic rings. The van der Waals surface area contributed by atoms with Gasteiger partial charge < -0.3 is 11.1 Å². The van der Waals surface area contributed by atoms with Gasteiger partial charge in [-0.3, -0.25) is 0 Å². The number of halogens is 1. The zero-order chi connectivity index (χ0) is 14.7. The van der Waals surface area contributed by atoms with E-state index in [1.54, 1.807) is 11.1 Å². The number of hydrogen-bond acceptors (Lipinski definition) is 2. The van der Waals surface area contributed by atoms with E-state index >= 15 is 0 Å². The van der Waals surface area contributed by atoms with Crippen molar-refractivity contribution < 1.29 is 0 Å². The molecule has 1 heterocycles. The minimum absolute atomic E-state index is 0.823. The van der Waals surface area contributed by atoms with Gasteiger partial charge in [-0.25, -0.2) is 0 Å². The summed E-state index contributed by atoms with van der Waals surface area (Å²) in [4.78, 5) is 0. The highest BCUT2D eigenvalue weighted by atomic mass is 79.9. The molecule has 3 rings (SSSR count). The Morgan fingerprint density at radius 1 is 1.14 bits per heavy atom. The second-order valence-electron chi connectivity index (χ2n) is 6.74. The number of nitrogens with one attached hydrogen (secondary N) is 1. The van der Waals surface area contributed by atoms with Crippen molar-refractivity contribution in [3.63, 3.8) is 0 Å². The van der Waals surface area contributed by atoms with Gasteiger partial charge in [0.1, 0.15) is 0 Å². The summed E-state index contributed by atoms with van der Waals surface area (Å²) in [5.41, 5.74) is 9.07. The highest BCUT2D eigenvalue weighted by Crippen LogP contribution is 2.39. The normalized spacial score (nSPS) is 24.6. The number of rotatable bonds is 4. The lowest BCUT2D eigenvalue weighted by molar-refractivity contribution is 0.162. The molecule has 3 N–H and O–H groups in total. The molecule has 0 saturated carbocycles. The first-order valence-corrected chi connectivity index (χ1v) is 9.25. The van der Waals surface area contributed by atoms with E-state index in [1.807, 2.05) is 0 Å². The van der Waals surface area contributed by atoms with Gasteiger partial charge in [0.05, 0.1) is 0 Å². The second-order valence-corrected chi connectivity index (χ2v) is 7.66. The van der Waals surface area contributed by atoms with Crippen LogP contribution >= 0.6 is 15.9 Å². The Balaban J connectivity index is 1.74. The highest BCUT2D eigenvalue weighted by molar-refractivity contribution is 9.10. The van der Waals surface area contributed by atoms with E-state index in [1.165, 1.54) is 56.1 Å². The molecule has 0 radical (unpaired) electrons. The van der Waals surface area contributed by atoms with Crippen LogP contribution in [0.2, 0.25) is 0 Å². The molecule has 0 aromatic heterocycles. The number of aryl methyl sites for hydroxylation is 1. The topological polar surface area (TPSA) is 38.0 Å². The Morgan fingerprint density at radius 3 is 2.71 bits per heavy atom. The van der Waals surface area contributed by atoms with Gasteiger partial charge in [0.15, 0.2) is 0 Å². The van der Waals surface area contributed by atoms with Gasteiger partial charge in [-0.15, -0.1) is 0 Å². The molecule has 116 valence electrons. The molecule has 1 aliphatic heterocycles. The molecule has 2 aliphatic rings. The van der Waals surface area contributed by atoms with Crippen molar-refractivity contribution in [3.05, 3.63) is 33.8 Å². The van der Waals surface area contributed by atoms with E-state index in [4.69, 9.17) is 5.73 Å². The van der Waals surface area contributed by atoms with E-state index in [-0.39, 0.29) is 0 Å². The number of hydrogen-bond donors (Lipinski definition) is 2. The number of fused-ring (bicyclic) bond motifs is 1. The fourth-order valence-corrected chi connectivity index (χ4v) is 4.85. The lowest BCUT2D eigenvalue weighted by Crippen LogP contribution is -2.37. The molecule has 0 bridgehead atoms. The summed E-state index contributed by atoms with van der Waals surface area (Å²) >= 11 is 3.63. The molecule has 2 nitrogen and oxygen atoms in total. The highest BCUT2D eigenvalue weighted by Gasteiger charge is 2.32. The van der Waals surface area contributed by atoms with Crippen LogP contribution in [0.25, 0.3) is 0 Å². The van der Waals surface area contributed by atoms with Crippen LogP contribution in [0.1, 0.15) is 36.8 Å². The summed E-state index contributed by atoms with van der Waals surface area (Å²) in [6, 6.07) is 6.82. The van der Waals surface area contributed by atoms with Crippen molar-refractivity contribution in [1.82, 2.24) is 5.32 Å². The monoisotopic (exact) mass is 350 g/mol. The second kappa shape index (κ2) is 7.26. The minimum atomic E-state index is 0.823. The average molecular weight is 351 g/mol. The summed E-state index contributed by atoms with van der Waals surface area (Å²) in [7, 11) is 0. The van der Waals surface area contributed by atoms with Crippen LogP contribution in [0.3, 0.4) is 0 Å². The smallest absolute Gasteiger partial charge is 0.0178 e. The van der Waals surface area contributed by atoms with E-state index in [0.29, 0.717) is 0 Å². The molecule has 1 aromatic carbocycles. The summed E-state index contributed by atoms with van der Waals surface area (Å²) in [5.74, 6) is 2.54. The van der Waals surface area contributed by atoms with E-state index in [9.17, 15) is 0 Å². The summed E-state index contributed by atoms with van der Waals surface area (Å²) in [5, 5.41) is 3.50. The van der Waals surface area contributed by atoms with E-state index < -0.39 is 0 Å². The van der Waals surface area contributed by atoms with Crippen molar-refractivity contribution >= 4 is 15.9 Å². The first-order valence-electron chi connectivity index (χ1n) is 8.46. The van der Waals surface area contributed by atoms with Gasteiger partial charge in [0, 0.05) is 4.47 Å². The van der Waals surface area contributed by atoms with Gasteiger partial charge in [0.2, 0.25) is 0 Å². The Morgan fingerprint density at radius 2 is 1.95 bits per heavy atom. The molecule has 3 heteroatoms. The fraction of sp³-hybridized carbons (Fsp3) is 0.667. The van der Waals surface area contributed by atoms with Gasteiger partial charge in [-0.1, -0.05) is 22.0 Å². The third kappa shape index (κ3) is 3.69. The standard InChI is InChI=1S/C18H27BrN2/c19-17-4-3-13-1-2-15(11-16(13)12-17)18(5-8-20)14-6-9-21-10-7-14/h3-4,12,14-15,18,21H,1-2,5-11,20H2. The van der Waals surface area contributed by atoms with Crippen LogP contribution < -0.4 is 11.1 Å². The maximum Gasteiger partial charge on any atom is 0.0178 e. The summed E-state index contributed by atoms with van der Waals surface area (Å²) in [6.45, 7) is 3.23. The van der Waals surface area contributed by atoms with Crippen molar-refractivity contribution in [3.8, 4) is 0 Å². The van der Waals surface area contributed by atoms with Gasteiger partial charge in [-0.2, -0.15) is 0 Å².